The quantitative estimate of drug-likeness (QED) is 0.205. The second-order valence-corrected chi connectivity index (χ2v) is 7.08. The van der Waals surface area contributed by atoms with Crippen LogP contribution in [0.15, 0.2) is 89.3 Å². The van der Waals surface area contributed by atoms with Crippen LogP contribution < -0.4 is 10.6 Å². The Bertz CT molecular complexity index is 892. The fraction of sp³-hybridized carbons (Fsp3) is 0. The van der Waals surface area contributed by atoms with E-state index in [-0.39, 0.29) is 5.96 Å². The molecular weight excluding hydrogens is 360 g/mol. The van der Waals surface area contributed by atoms with Crippen LogP contribution in [0.4, 0.5) is 11.4 Å². The molecule has 0 aliphatic carbocycles. The summed E-state index contributed by atoms with van der Waals surface area (Å²) in [4.78, 5) is 4.20. The van der Waals surface area contributed by atoms with Gasteiger partial charge in [0.15, 0.2) is 5.96 Å². The van der Waals surface area contributed by atoms with Crippen molar-refractivity contribution < 1.29 is 0 Å². The molecular formula is C20H18N4S2. The molecule has 0 bridgehead atoms. The van der Waals surface area contributed by atoms with Crippen molar-refractivity contribution in [3.63, 3.8) is 0 Å². The van der Waals surface area contributed by atoms with E-state index in [0.717, 1.165) is 21.2 Å². The molecule has 0 aliphatic rings. The van der Waals surface area contributed by atoms with Crippen molar-refractivity contribution in [2.24, 2.45) is 0 Å². The zero-order chi connectivity index (χ0) is 18.2. The highest BCUT2D eigenvalue weighted by Crippen LogP contribution is 2.23. The molecule has 1 heterocycles. The van der Waals surface area contributed by atoms with Crippen molar-refractivity contribution in [1.29, 1.82) is 5.41 Å². The smallest absolute Gasteiger partial charge is 0.197 e. The second kappa shape index (κ2) is 9.03. The van der Waals surface area contributed by atoms with E-state index in [4.69, 9.17) is 5.41 Å². The average Bonchev–Trinajstić information content (AvgIpc) is 3.04. The average molecular weight is 379 g/mol. The van der Waals surface area contributed by atoms with Gasteiger partial charge in [0.25, 0.3) is 0 Å². The molecule has 0 unspecified atom stereocenters. The lowest BCUT2D eigenvalue weighted by Crippen LogP contribution is -2.20. The predicted molar refractivity (Wildman–Crippen MR) is 115 cm³/mol. The lowest BCUT2D eigenvalue weighted by atomic mass is 10.3. The summed E-state index contributed by atoms with van der Waals surface area (Å²) < 4.78 is 2.04. The molecule has 130 valence electrons. The SMILES string of the molecule is N=C(Nc1ccccc1)Nc1ccccc1.Sc1nc2ccccc2s1. The molecule has 0 fully saturated rings. The lowest BCUT2D eigenvalue weighted by Gasteiger charge is -2.09. The minimum Gasteiger partial charge on any atom is -0.326 e. The number of nitrogens with zero attached hydrogens (tertiary/aromatic N) is 1. The van der Waals surface area contributed by atoms with Crippen molar-refractivity contribution in [3.05, 3.63) is 84.9 Å². The Labute approximate surface area is 161 Å². The van der Waals surface area contributed by atoms with Gasteiger partial charge < -0.3 is 10.6 Å². The number of nitrogens with one attached hydrogen (secondary N) is 3. The molecule has 0 aliphatic heterocycles. The molecule has 6 heteroatoms. The van der Waals surface area contributed by atoms with Gasteiger partial charge in [-0.25, -0.2) is 4.98 Å². The number of para-hydroxylation sites is 3. The van der Waals surface area contributed by atoms with Crippen molar-refractivity contribution in [2.45, 2.75) is 4.34 Å². The van der Waals surface area contributed by atoms with Crippen molar-refractivity contribution in [3.8, 4) is 0 Å². The van der Waals surface area contributed by atoms with Crippen LogP contribution >= 0.6 is 24.0 Å². The van der Waals surface area contributed by atoms with E-state index in [1.165, 1.54) is 4.70 Å². The molecule has 0 amide bonds. The number of hydrogen-bond acceptors (Lipinski definition) is 4. The van der Waals surface area contributed by atoms with Gasteiger partial charge in [-0.1, -0.05) is 48.5 Å². The van der Waals surface area contributed by atoms with E-state index in [1.54, 1.807) is 11.3 Å². The van der Waals surface area contributed by atoms with Crippen molar-refractivity contribution in [2.75, 3.05) is 10.6 Å². The number of rotatable bonds is 2. The highest BCUT2D eigenvalue weighted by Gasteiger charge is 1.97. The lowest BCUT2D eigenvalue weighted by molar-refractivity contribution is 1.31. The van der Waals surface area contributed by atoms with Gasteiger partial charge in [-0.05, 0) is 36.4 Å². The molecule has 0 saturated heterocycles. The first-order valence-corrected chi connectivity index (χ1v) is 9.24. The largest absolute Gasteiger partial charge is 0.326 e. The number of fused-ring (bicyclic) bond motifs is 1. The summed E-state index contributed by atoms with van der Waals surface area (Å²) in [7, 11) is 0. The summed E-state index contributed by atoms with van der Waals surface area (Å²) in [5, 5.41) is 13.7. The molecule has 0 saturated carbocycles. The summed E-state index contributed by atoms with van der Waals surface area (Å²) >= 11 is 5.76. The van der Waals surface area contributed by atoms with Gasteiger partial charge in [-0.3, -0.25) is 5.41 Å². The molecule has 0 radical (unpaired) electrons. The Balaban J connectivity index is 0.000000167. The molecule has 3 N–H and O–H groups in total. The van der Waals surface area contributed by atoms with E-state index >= 15 is 0 Å². The number of aromatic nitrogens is 1. The Morgan fingerprint density at radius 3 is 1.81 bits per heavy atom. The number of hydrogen-bond donors (Lipinski definition) is 4. The van der Waals surface area contributed by atoms with Crippen LogP contribution in [0.2, 0.25) is 0 Å². The van der Waals surface area contributed by atoms with Gasteiger partial charge in [-0.2, -0.15) is 0 Å². The first-order chi connectivity index (χ1) is 12.7. The molecule has 1 aromatic heterocycles. The number of benzene rings is 3. The number of guanidine groups is 1. The zero-order valence-electron chi connectivity index (χ0n) is 13.9. The van der Waals surface area contributed by atoms with E-state index in [9.17, 15) is 0 Å². The van der Waals surface area contributed by atoms with Gasteiger partial charge in [0.1, 0.15) is 4.34 Å². The van der Waals surface area contributed by atoms with E-state index in [0.29, 0.717) is 0 Å². The summed E-state index contributed by atoms with van der Waals surface area (Å²) in [6, 6.07) is 27.3. The Morgan fingerprint density at radius 1 is 0.769 bits per heavy atom. The highest BCUT2D eigenvalue weighted by atomic mass is 32.2. The predicted octanol–water partition coefficient (Wildman–Crippen LogP) is 5.73. The van der Waals surface area contributed by atoms with Crippen LogP contribution in [0, 0.1) is 5.41 Å². The maximum atomic E-state index is 7.74. The zero-order valence-corrected chi connectivity index (χ0v) is 15.6. The minimum atomic E-state index is 0.261. The van der Waals surface area contributed by atoms with Crippen molar-refractivity contribution in [1.82, 2.24) is 4.98 Å². The number of thiazole rings is 1. The van der Waals surface area contributed by atoms with Gasteiger partial charge in [0.05, 0.1) is 10.2 Å². The first-order valence-electron chi connectivity index (χ1n) is 7.98. The van der Waals surface area contributed by atoms with E-state index in [2.05, 4.69) is 28.2 Å². The van der Waals surface area contributed by atoms with Crippen LogP contribution in [0.3, 0.4) is 0 Å². The van der Waals surface area contributed by atoms with Crippen LogP contribution in [-0.4, -0.2) is 10.9 Å². The van der Waals surface area contributed by atoms with Crippen LogP contribution in [-0.2, 0) is 0 Å². The first kappa shape index (κ1) is 18.0. The fourth-order valence-electron chi connectivity index (χ4n) is 2.22. The molecule has 4 aromatic rings. The highest BCUT2D eigenvalue weighted by molar-refractivity contribution is 7.82. The van der Waals surface area contributed by atoms with Crippen LogP contribution in [0.1, 0.15) is 0 Å². The van der Waals surface area contributed by atoms with Gasteiger partial charge in [0, 0.05) is 11.4 Å². The van der Waals surface area contributed by atoms with Crippen molar-refractivity contribution >= 4 is 51.5 Å². The van der Waals surface area contributed by atoms with E-state index < -0.39 is 0 Å². The molecule has 0 spiro atoms. The van der Waals surface area contributed by atoms with E-state index in [1.807, 2.05) is 84.9 Å². The molecule has 4 rings (SSSR count). The molecule has 4 nitrogen and oxygen atoms in total. The molecule has 3 aromatic carbocycles. The topological polar surface area (TPSA) is 60.8 Å². The van der Waals surface area contributed by atoms with Gasteiger partial charge in [0.2, 0.25) is 0 Å². The normalized spacial score (nSPS) is 9.88. The number of thiol groups is 1. The summed E-state index contributed by atoms with van der Waals surface area (Å²) in [5.41, 5.74) is 2.84. The third-order valence-corrected chi connectivity index (χ3v) is 4.58. The second-order valence-electron chi connectivity index (χ2n) is 5.32. The standard InChI is InChI=1S/C13H13N3.C7H5NS2/c14-13(15-11-7-3-1-4-8-11)16-12-9-5-2-6-10-12;9-7-8-5-3-1-2-4-6(5)10-7/h1-10H,(H3,14,15,16);1-4H,(H,8,9). The summed E-state index contributed by atoms with van der Waals surface area (Å²) in [5.74, 6) is 0.261. The molecule has 0 atom stereocenters. The Morgan fingerprint density at radius 2 is 1.27 bits per heavy atom. The third kappa shape index (κ3) is 5.34. The fourth-order valence-corrected chi connectivity index (χ4v) is 3.33. The summed E-state index contributed by atoms with van der Waals surface area (Å²) in [6.07, 6.45) is 0. The monoisotopic (exact) mass is 378 g/mol. The Kier molecular flexibility index (Phi) is 6.24. The van der Waals surface area contributed by atoms with Gasteiger partial charge in [-0.15, -0.1) is 24.0 Å². The summed E-state index contributed by atoms with van der Waals surface area (Å²) in [6.45, 7) is 0. The maximum Gasteiger partial charge on any atom is 0.197 e. The van der Waals surface area contributed by atoms with Gasteiger partial charge >= 0.3 is 0 Å². The number of anilines is 2. The van der Waals surface area contributed by atoms with Crippen LogP contribution in [0.25, 0.3) is 10.2 Å². The molecule has 26 heavy (non-hydrogen) atoms. The minimum absolute atomic E-state index is 0.261. The third-order valence-electron chi connectivity index (χ3n) is 3.37. The Hall–Kier alpha value is -2.83. The van der Waals surface area contributed by atoms with Crippen LogP contribution in [0.5, 0.6) is 0 Å². The maximum absolute atomic E-state index is 7.74.